The molecule has 3 nitrogen and oxygen atoms in total. The first-order valence-corrected chi connectivity index (χ1v) is 8.84. The Balaban J connectivity index is 2.39. The maximum absolute atomic E-state index is 12.6. The summed E-state index contributed by atoms with van der Waals surface area (Å²) in [5.74, 6) is -0.456. The minimum absolute atomic E-state index is 0.111. The van der Waals surface area contributed by atoms with Gasteiger partial charge in [-0.2, -0.15) is 0 Å². The van der Waals surface area contributed by atoms with Gasteiger partial charge in [-0.3, -0.25) is 4.79 Å². The number of Topliss-reactive ketones (excluding diaryl/α,β-unsaturated/α-hetero) is 1. The molecule has 0 radical (unpaired) electrons. The fourth-order valence-corrected chi connectivity index (χ4v) is 4.35. The Morgan fingerprint density at radius 3 is 2.24 bits per heavy atom. The van der Waals surface area contributed by atoms with Gasteiger partial charge in [-0.05, 0) is 59.3 Å². The van der Waals surface area contributed by atoms with E-state index in [1.54, 1.807) is 30.3 Å². The lowest BCUT2D eigenvalue weighted by molar-refractivity contribution is 0.0991. The molecule has 6 heteroatoms. The van der Waals surface area contributed by atoms with Crippen LogP contribution in [0.5, 0.6) is 0 Å². The predicted octanol–water partition coefficient (Wildman–Crippen LogP) is 4.15. The number of rotatable bonds is 4. The Hall–Kier alpha value is -1.17. The smallest absolute Gasteiger partial charge is 0.189 e. The lowest BCUT2D eigenvalue weighted by atomic mass is 10.1. The summed E-state index contributed by atoms with van der Waals surface area (Å²) in [4.78, 5) is 12.5. The van der Waals surface area contributed by atoms with Crippen molar-refractivity contribution in [3.05, 3.63) is 63.6 Å². The molecule has 1 atom stereocenters. The van der Waals surface area contributed by atoms with Gasteiger partial charge in [-0.15, -0.1) is 0 Å². The lowest BCUT2D eigenvalue weighted by Gasteiger charge is -2.13. The van der Waals surface area contributed by atoms with Crippen molar-refractivity contribution < 1.29 is 13.2 Å². The molecule has 0 aliphatic rings. The van der Waals surface area contributed by atoms with Crippen LogP contribution < -0.4 is 0 Å². The Kier molecular flexibility index (Phi) is 4.86. The van der Waals surface area contributed by atoms with E-state index in [1.165, 1.54) is 25.1 Å². The van der Waals surface area contributed by atoms with E-state index < -0.39 is 20.9 Å². The van der Waals surface area contributed by atoms with Crippen molar-refractivity contribution in [3.8, 4) is 0 Å². The fourth-order valence-electron chi connectivity index (χ4n) is 1.86. The third-order valence-electron chi connectivity index (χ3n) is 3.11. The van der Waals surface area contributed by atoms with Crippen molar-refractivity contribution >= 4 is 43.2 Å². The fraction of sp³-hybridized carbons (Fsp3) is 0.133. The summed E-state index contributed by atoms with van der Waals surface area (Å²) >= 11 is 8.97. The quantitative estimate of drug-likeness (QED) is 0.741. The Morgan fingerprint density at radius 2 is 1.67 bits per heavy atom. The number of benzene rings is 2. The van der Waals surface area contributed by atoms with E-state index in [-0.39, 0.29) is 4.90 Å². The average Bonchev–Trinajstić information content (AvgIpc) is 2.46. The molecule has 0 amide bonds. The van der Waals surface area contributed by atoms with Crippen LogP contribution in [0.15, 0.2) is 57.9 Å². The maximum atomic E-state index is 12.6. The number of carbonyl (C=O) groups is 1. The molecular weight excluding hydrogens is 376 g/mol. The highest BCUT2D eigenvalue weighted by Gasteiger charge is 2.31. The second kappa shape index (κ2) is 6.30. The average molecular weight is 388 g/mol. The van der Waals surface area contributed by atoms with Crippen molar-refractivity contribution in [3.63, 3.8) is 0 Å². The largest absolute Gasteiger partial charge is 0.293 e. The van der Waals surface area contributed by atoms with E-state index in [2.05, 4.69) is 15.9 Å². The van der Waals surface area contributed by atoms with E-state index in [1.807, 2.05) is 0 Å². The zero-order valence-electron chi connectivity index (χ0n) is 11.1. The number of halogens is 2. The summed E-state index contributed by atoms with van der Waals surface area (Å²) in [6.07, 6.45) is 0. The molecule has 21 heavy (non-hydrogen) atoms. The van der Waals surface area contributed by atoms with E-state index in [9.17, 15) is 13.2 Å². The van der Waals surface area contributed by atoms with Gasteiger partial charge in [0.2, 0.25) is 0 Å². The molecule has 0 aromatic heterocycles. The van der Waals surface area contributed by atoms with Crippen molar-refractivity contribution in [1.82, 2.24) is 0 Å². The molecule has 1 unspecified atom stereocenters. The number of hydrogen-bond acceptors (Lipinski definition) is 3. The first kappa shape index (κ1) is 16.2. The lowest BCUT2D eigenvalue weighted by Crippen LogP contribution is -2.27. The second-order valence-electron chi connectivity index (χ2n) is 4.49. The van der Waals surface area contributed by atoms with Gasteiger partial charge in [0.15, 0.2) is 15.6 Å². The molecule has 0 heterocycles. The number of hydrogen-bond donors (Lipinski definition) is 0. The molecule has 2 aromatic carbocycles. The molecule has 0 N–H and O–H groups in total. The molecule has 0 fully saturated rings. The number of sulfone groups is 1. The maximum Gasteiger partial charge on any atom is 0.189 e. The zero-order valence-corrected chi connectivity index (χ0v) is 14.2. The van der Waals surface area contributed by atoms with Crippen LogP contribution in [0.4, 0.5) is 0 Å². The topological polar surface area (TPSA) is 51.2 Å². The van der Waals surface area contributed by atoms with Gasteiger partial charge in [0, 0.05) is 15.1 Å². The van der Waals surface area contributed by atoms with Crippen molar-refractivity contribution in [2.45, 2.75) is 17.1 Å². The van der Waals surface area contributed by atoms with Gasteiger partial charge in [0.05, 0.1) is 4.90 Å². The summed E-state index contributed by atoms with van der Waals surface area (Å²) < 4.78 is 25.6. The van der Waals surface area contributed by atoms with E-state index in [0.717, 1.165) is 0 Å². The number of ketones is 1. The van der Waals surface area contributed by atoms with Crippen LogP contribution in [0.1, 0.15) is 17.3 Å². The molecule has 0 aliphatic carbocycles. The molecular formula is C15H12BrClO3S. The van der Waals surface area contributed by atoms with Gasteiger partial charge in [0.25, 0.3) is 0 Å². The summed E-state index contributed by atoms with van der Waals surface area (Å²) in [5, 5.41) is -0.676. The Bertz CT molecular complexity index is 770. The second-order valence-corrected chi connectivity index (χ2v) is 8.02. The molecule has 110 valence electrons. The van der Waals surface area contributed by atoms with Crippen LogP contribution in [-0.4, -0.2) is 19.5 Å². The van der Waals surface area contributed by atoms with Crippen molar-refractivity contribution in [1.29, 1.82) is 0 Å². The van der Waals surface area contributed by atoms with Crippen LogP contribution >= 0.6 is 27.5 Å². The van der Waals surface area contributed by atoms with E-state index >= 15 is 0 Å². The van der Waals surface area contributed by atoms with Gasteiger partial charge in [0.1, 0.15) is 5.25 Å². The van der Waals surface area contributed by atoms with E-state index in [4.69, 9.17) is 11.6 Å². The molecule has 0 saturated heterocycles. The van der Waals surface area contributed by atoms with Crippen LogP contribution in [0, 0.1) is 0 Å². The highest BCUT2D eigenvalue weighted by atomic mass is 79.9. The standard InChI is InChI=1S/C15H12BrClO3S/c1-10(15(18)11-6-8-12(17)9-7-11)21(19,20)14-5-3-2-4-13(14)16/h2-10H,1H3. The summed E-state index contributed by atoms with van der Waals surface area (Å²) in [6, 6.07) is 12.6. The first-order chi connectivity index (χ1) is 9.84. The van der Waals surface area contributed by atoms with Crippen molar-refractivity contribution in [2.75, 3.05) is 0 Å². The third kappa shape index (κ3) is 3.36. The summed E-state index contributed by atoms with van der Waals surface area (Å²) in [5.41, 5.74) is 0.322. The normalized spacial score (nSPS) is 12.9. The molecule has 0 bridgehead atoms. The zero-order chi connectivity index (χ0) is 15.6. The highest BCUT2D eigenvalue weighted by Crippen LogP contribution is 2.26. The Labute approximate surface area is 137 Å². The van der Waals surface area contributed by atoms with Gasteiger partial charge in [-0.25, -0.2) is 8.42 Å². The van der Waals surface area contributed by atoms with Crippen LogP contribution in [0.3, 0.4) is 0 Å². The van der Waals surface area contributed by atoms with Crippen LogP contribution in [-0.2, 0) is 9.84 Å². The Morgan fingerprint density at radius 1 is 1.10 bits per heavy atom. The minimum atomic E-state index is -3.76. The van der Waals surface area contributed by atoms with Gasteiger partial charge >= 0.3 is 0 Å². The van der Waals surface area contributed by atoms with Gasteiger partial charge in [-0.1, -0.05) is 23.7 Å². The molecule has 0 spiro atoms. The van der Waals surface area contributed by atoms with Gasteiger partial charge < -0.3 is 0 Å². The molecule has 0 saturated carbocycles. The number of carbonyl (C=O) groups excluding carboxylic acids is 1. The predicted molar refractivity (Wildman–Crippen MR) is 86.6 cm³/mol. The molecule has 0 aliphatic heterocycles. The summed E-state index contributed by atoms with van der Waals surface area (Å²) in [7, 11) is -3.76. The highest BCUT2D eigenvalue weighted by molar-refractivity contribution is 9.10. The molecule has 2 rings (SSSR count). The molecule has 2 aromatic rings. The minimum Gasteiger partial charge on any atom is -0.293 e. The monoisotopic (exact) mass is 386 g/mol. The summed E-state index contributed by atoms with van der Waals surface area (Å²) in [6.45, 7) is 1.39. The van der Waals surface area contributed by atoms with E-state index in [0.29, 0.717) is 15.1 Å². The van der Waals surface area contributed by atoms with Crippen molar-refractivity contribution in [2.24, 2.45) is 0 Å². The van der Waals surface area contributed by atoms with Crippen LogP contribution in [0.2, 0.25) is 5.02 Å². The first-order valence-electron chi connectivity index (χ1n) is 6.12. The third-order valence-corrected chi connectivity index (χ3v) is 6.43. The SMILES string of the molecule is CC(C(=O)c1ccc(Cl)cc1)S(=O)(=O)c1ccccc1Br. The van der Waals surface area contributed by atoms with Crippen LogP contribution in [0.25, 0.3) is 0 Å².